The maximum atomic E-state index is 9.76. The molecule has 1 aromatic heterocycles. The van der Waals surface area contributed by atoms with Gasteiger partial charge in [0.2, 0.25) is 0 Å². The number of rotatable bonds is 2. The maximum absolute atomic E-state index is 9.76. The van der Waals surface area contributed by atoms with Crippen LogP contribution in [0.2, 0.25) is 0 Å². The Morgan fingerprint density at radius 1 is 1.47 bits per heavy atom. The van der Waals surface area contributed by atoms with Crippen molar-refractivity contribution in [3.63, 3.8) is 0 Å². The number of fused-ring (bicyclic) bond motifs is 1. The van der Waals surface area contributed by atoms with Crippen molar-refractivity contribution in [2.45, 2.75) is 26.0 Å². The van der Waals surface area contributed by atoms with Crippen LogP contribution in [0.3, 0.4) is 0 Å². The maximum Gasteiger partial charge on any atom is 0.0787 e. The molecule has 80 valence electrons. The fourth-order valence-corrected chi connectivity index (χ4v) is 2.01. The van der Waals surface area contributed by atoms with E-state index in [2.05, 4.69) is 39.8 Å². The molecule has 0 saturated heterocycles. The van der Waals surface area contributed by atoms with Gasteiger partial charge in [0.25, 0.3) is 0 Å². The Balaban J connectivity index is 2.48. The van der Waals surface area contributed by atoms with Gasteiger partial charge in [-0.15, -0.1) is 0 Å². The van der Waals surface area contributed by atoms with Crippen LogP contribution in [0.1, 0.15) is 13.8 Å². The van der Waals surface area contributed by atoms with E-state index in [1.54, 1.807) is 13.8 Å². The average molecular weight is 316 g/mol. The average Bonchev–Trinajstić information content (AvgIpc) is 2.46. The fraction of sp³-hybridized carbons (Fsp3) is 0.364. The molecule has 0 saturated carbocycles. The lowest BCUT2D eigenvalue weighted by molar-refractivity contribution is 0.0591. The SMILES string of the molecule is CC(C)(O)Cn1ncc2ccc(I)cc21. The Hall–Kier alpha value is -0.620. The molecule has 2 aromatic rings. The van der Waals surface area contributed by atoms with Gasteiger partial charge in [-0.25, -0.2) is 0 Å². The van der Waals surface area contributed by atoms with E-state index in [0.717, 1.165) is 10.9 Å². The molecule has 0 aliphatic rings. The van der Waals surface area contributed by atoms with Gasteiger partial charge in [-0.2, -0.15) is 5.10 Å². The van der Waals surface area contributed by atoms with Crippen molar-refractivity contribution in [2.24, 2.45) is 0 Å². The Morgan fingerprint density at radius 2 is 2.20 bits per heavy atom. The van der Waals surface area contributed by atoms with Crippen LogP contribution in [0.25, 0.3) is 10.9 Å². The van der Waals surface area contributed by atoms with Gasteiger partial charge in [0.1, 0.15) is 0 Å². The summed E-state index contributed by atoms with van der Waals surface area (Å²) >= 11 is 2.28. The Morgan fingerprint density at radius 3 is 2.87 bits per heavy atom. The summed E-state index contributed by atoms with van der Waals surface area (Å²) in [5.74, 6) is 0. The second-order valence-electron chi connectivity index (χ2n) is 4.32. The van der Waals surface area contributed by atoms with Gasteiger partial charge in [0, 0.05) is 8.96 Å². The number of aliphatic hydroxyl groups is 1. The van der Waals surface area contributed by atoms with E-state index in [4.69, 9.17) is 0 Å². The van der Waals surface area contributed by atoms with E-state index in [0.29, 0.717) is 6.54 Å². The van der Waals surface area contributed by atoms with Crippen molar-refractivity contribution in [2.75, 3.05) is 0 Å². The predicted octanol–water partition coefficient (Wildman–Crippen LogP) is 2.41. The molecule has 0 radical (unpaired) electrons. The molecule has 0 aliphatic carbocycles. The summed E-state index contributed by atoms with van der Waals surface area (Å²) in [5, 5.41) is 15.1. The minimum atomic E-state index is -0.736. The van der Waals surface area contributed by atoms with Gasteiger partial charge in [-0.3, -0.25) is 4.68 Å². The van der Waals surface area contributed by atoms with Gasteiger partial charge in [0.15, 0.2) is 0 Å². The van der Waals surface area contributed by atoms with Crippen LogP contribution >= 0.6 is 22.6 Å². The van der Waals surface area contributed by atoms with Gasteiger partial charge < -0.3 is 5.11 Å². The molecule has 3 nitrogen and oxygen atoms in total. The van der Waals surface area contributed by atoms with Crippen LogP contribution in [0.5, 0.6) is 0 Å². The molecule has 0 spiro atoms. The molecule has 0 unspecified atom stereocenters. The fourth-order valence-electron chi connectivity index (χ4n) is 1.54. The summed E-state index contributed by atoms with van der Waals surface area (Å²) in [6.45, 7) is 4.08. The number of hydrogen-bond acceptors (Lipinski definition) is 2. The van der Waals surface area contributed by atoms with Gasteiger partial charge in [-0.1, -0.05) is 6.07 Å². The summed E-state index contributed by atoms with van der Waals surface area (Å²) < 4.78 is 3.02. The summed E-state index contributed by atoms with van der Waals surface area (Å²) in [7, 11) is 0. The van der Waals surface area contributed by atoms with Crippen molar-refractivity contribution in [3.05, 3.63) is 28.0 Å². The Bertz CT molecular complexity index is 485. The monoisotopic (exact) mass is 316 g/mol. The molecule has 0 atom stereocenters. The van der Waals surface area contributed by atoms with Gasteiger partial charge in [-0.05, 0) is 48.6 Å². The molecule has 2 rings (SSSR count). The zero-order valence-corrected chi connectivity index (χ0v) is 10.9. The molecule has 1 aromatic carbocycles. The zero-order chi connectivity index (χ0) is 11.1. The summed E-state index contributed by atoms with van der Waals surface area (Å²) in [6, 6.07) is 6.18. The summed E-state index contributed by atoms with van der Waals surface area (Å²) in [5.41, 5.74) is 0.337. The first-order chi connectivity index (χ1) is 6.96. The number of nitrogens with zero attached hydrogens (tertiary/aromatic N) is 2. The van der Waals surface area contributed by atoms with Crippen LogP contribution in [0.15, 0.2) is 24.4 Å². The summed E-state index contributed by atoms with van der Waals surface area (Å²) in [4.78, 5) is 0. The smallest absolute Gasteiger partial charge is 0.0787 e. The first kappa shape index (κ1) is 10.9. The zero-order valence-electron chi connectivity index (χ0n) is 8.74. The molecule has 0 fully saturated rings. The second kappa shape index (κ2) is 3.75. The van der Waals surface area contributed by atoms with Crippen LogP contribution in [-0.4, -0.2) is 20.5 Å². The molecular weight excluding hydrogens is 303 g/mol. The number of halogens is 1. The molecule has 15 heavy (non-hydrogen) atoms. The standard InChI is InChI=1S/C11H13IN2O/c1-11(2,15)7-14-10-5-9(12)4-3-8(10)6-13-14/h3-6,15H,7H2,1-2H3. The third-order valence-electron chi connectivity index (χ3n) is 2.14. The molecule has 1 heterocycles. The summed E-state index contributed by atoms with van der Waals surface area (Å²) in [6.07, 6.45) is 1.83. The Kier molecular flexibility index (Phi) is 2.72. The number of aromatic nitrogens is 2. The number of benzene rings is 1. The lowest BCUT2D eigenvalue weighted by Gasteiger charge is -2.17. The third kappa shape index (κ3) is 2.49. The van der Waals surface area contributed by atoms with E-state index in [-0.39, 0.29) is 0 Å². The van der Waals surface area contributed by atoms with Crippen molar-refractivity contribution < 1.29 is 5.11 Å². The predicted molar refractivity (Wildman–Crippen MR) is 68.7 cm³/mol. The van der Waals surface area contributed by atoms with Crippen LogP contribution < -0.4 is 0 Å². The quantitative estimate of drug-likeness (QED) is 0.864. The van der Waals surface area contributed by atoms with Crippen molar-refractivity contribution in [1.82, 2.24) is 9.78 Å². The highest BCUT2D eigenvalue weighted by molar-refractivity contribution is 14.1. The van der Waals surface area contributed by atoms with Gasteiger partial charge in [0.05, 0.1) is 23.9 Å². The topological polar surface area (TPSA) is 38.0 Å². The first-order valence-corrected chi connectivity index (χ1v) is 5.87. The van der Waals surface area contributed by atoms with E-state index < -0.39 is 5.60 Å². The van der Waals surface area contributed by atoms with Crippen LogP contribution in [-0.2, 0) is 6.54 Å². The Labute approximate surface area is 102 Å². The van der Waals surface area contributed by atoms with Crippen molar-refractivity contribution >= 4 is 33.5 Å². The van der Waals surface area contributed by atoms with E-state index in [1.807, 2.05) is 16.9 Å². The lowest BCUT2D eigenvalue weighted by Crippen LogP contribution is -2.26. The normalized spacial score (nSPS) is 12.3. The van der Waals surface area contributed by atoms with E-state index in [9.17, 15) is 5.11 Å². The largest absolute Gasteiger partial charge is 0.389 e. The third-order valence-corrected chi connectivity index (χ3v) is 2.81. The van der Waals surface area contributed by atoms with Gasteiger partial charge >= 0.3 is 0 Å². The molecular formula is C11H13IN2O. The van der Waals surface area contributed by atoms with E-state index >= 15 is 0 Å². The first-order valence-electron chi connectivity index (χ1n) is 4.79. The molecule has 0 bridgehead atoms. The van der Waals surface area contributed by atoms with Crippen molar-refractivity contribution in [1.29, 1.82) is 0 Å². The van der Waals surface area contributed by atoms with E-state index in [1.165, 1.54) is 3.57 Å². The lowest BCUT2D eigenvalue weighted by atomic mass is 10.1. The van der Waals surface area contributed by atoms with Crippen molar-refractivity contribution in [3.8, 4) is 0 Å². The minimum absolute atomic E-state index is 0.511. The minimum Gasteiger partial charge on any atom is -0.389 e. The van der Waals surface area contributed by atoms with Crippen LogP contribution in [0, 0.1) is 3.57 Å². The molecule has 4 heteroatoms. The molecule has 1 N–H and O–H groups in total. The highest BCUT2D eigenvalue weighted by atomic mass is 127. The molecule has 0 amide bonds. The molecule has 0 aliphatic heterocycles. The highest BCUT2D eigenvalue weighted by Crippen LogP contribution is 2.18. The van der Waals surface area contributed by atoms with Crippen LogP contribution in [0.4, 0.5) is 0 Å². The highest BCUT2D eigenvalue weighted by Gasteiger charge is 2.15. The number of hydrogen-bond donors (Lipinski definition) is 1. The second-order valence-corrected chi connectivity index (χ2v) is 5.56.